The Morgan fingerprint density at radius 3 is 0.855 bits per heavy atom. The molecule has 0 rings (SSSR count). The normalized spacial score (nSPS) is 12.6. The average molecular weight is 1060 g/mol. The van der Waals surface area contributed by atoms with Crippen LogP contribution in [0.5, 0.6) is 0 Å². The van der Waals surface area contributed by atoms with Gasteiger partial charge in [0.25, 0.3) is 0 Å². The molecule has 0 fully saturated rings. The molecule has 0 aromatic heterocycles. The molecule has 0 heterocycles. The van der Waals surface area contributed by atoms with E-state index < -0.39 is 6.10 Å². The van der Waals surface area contributed by atoms with E-state index in [9.17, 15) is 14.4 Å². The Balaban J connectivity index is 4.16. The molecule has 0 aromatic rings. The van der Waals surface area contributed by atoms with Crippen LogP contribution in [0.25, 0.3) is 0 Å². The van der Waals surface area contributed by atoms with Crippen LogP contribution in [0.2, 0.25) is 0 Å². The molecule has 0 aliphatic heterocycles. The average Bonchev–Trinajstić information content (AvgIpc) is 3.42. The van der Waals surface area contributed by atoms with Gasteiger partial charge in [-0.05, 0) is 109 Å². The van der Waals surface area contributed by atoms with Gasteiger partial charge in [0.1, 0.15) is 13.2 Å². The van der Waals surface area contributed by atoms with Gasteiger partial charge in [-0.1, -0.05) is 279 Å². The molecule has 438 valence electrons. The fourth-order valence-corrected chi connectivity index (χ4v) is 9.21. The van der Waals surface area contributed by atoms with Crippen molar-refractivity contribution in [2.45, 2.75) is 329 Å². The largest absolute Gasteiger partial charge is 0.462 e. The number of allylic oxidation sites excluding steroid dienone is 14. The van der Waals surface area contributed by atoms with Crippen LogP contribution in [0, 0.1) is 0 Å². The van der Waals surface area contributed by atoms with Crippen LogP contribution in [0.1, 0.15) is 323 Å². The van der Waals surface area contributed by atoms with Gasteiger partial charge in [-0.15, -0.1) is 0 Å². The quantitative estimate of drug-likeness (QED) is 0.0261. The van der Waals surface area contributed by atoms with Crippen molar-refractivity contribution in [1.29, 1.82) is 0 Å². The van der Waals surface area contributed by atoms with Crippen LogP contribution < -0.4 is 0 Å². The number of carbonyl (C=O) groups excluding carboxylic acids is 3. The van der Waals surface area contributed by atoms with Gasteiger partial charge >= 0.3 is 17.9 Å². The maximum absolute atomic E-state index is 12.9. The summed E-state index contributed by atoms with van der Waals surface area (Å²) in [5.74, 6) is -0.924. The molecule has 0 aliphatic rings. The molecule has 0 N–H and O–H groups in total. The summed E-state index contributed by atoms with van der Waals surface area (Å²) in [7, 11) is 0. The number of hydrogen-bond donors (Lipinski definition) is 0. The molecule has 0 aliphatic carbocycles. The summed E-state index contributed by atoms with van der Waals surface area (Å²) < 4.78 is 16.9. The van der Waals surface area contributed by atoms with E-state index in [0.29, 0.717) is 19.3 Å². The van der Waals surface area contributed by atoms with Crippen molar-refractivity contribution >= 4 is 17.9 Å². The molecule has 1 unspecified atom stereocenters. The third-order valence-corrected chi connectivity index (χ3v) is 14.1. The van der Waals surface area contributed by atoms with Gasteiger partial charge in [-0.25, -0.2) is 0 Å². The minimum Gasteiger partial charge on any atom is -0.462 e. The number of hydrogen-bond acceptors (Lipinski definition) is 6. The fraction of sp³-hybridized carbons (Fsp3) is 0.757. The Morgan fingerprint density at radius 1 is 0.276 bits per heavy atom. The topological polar surface area (TPSA) is 78.9 Å². The summed E-state index contributed by atoms with van der Waals surface area (Å²) in [6.07, 6.45) is 84.7. The summed E-state index contributed by atoms with van der Waals surface area (Å²) in [6, 6.07) is 0. The molecule has 0 aromatic carbocycles. The molecule has 0 amide bonds. The highest BCUT2D eigenvalue weighted by Crippen LogP contribution is 2.17. The molecule has 0 bridgehead atoms. The van der Waals surface area contributed by atoms with E-state index in [1.807, 2.05) is 0 Å². The first kappa shape index (κ1) is 72.6. The van der Waals surface area contributed by atoms with Crippen LogP contribution in [0.15, 0.2) is 85.1 Å². The van der Waals surface area contributed by atoms with Crippen molar-refractivity contribution in [2.75, 3.05) is 13.2 Å². The van der Waals surface area contributed by atoms with Crippen molar-refractivity contribution in [3.63, 3.8) is 0 Å². The smallest absolute Gasteiger partial charge is 0.306 e. The second-order valence-corrected chi connectivity index (χ2v) is 21.6. The van der Waals surface area contributed by atoms with Crippen molar-refractivity contribution in [2.24, 2.45) is 0 Å². The molecule has 6 nitrogen and oxygen atoms in total. The van der Waals surface area contributed by atoms with Gasteiger partial charge in [-0.3, -0.25) is 14.4 Å². The highest BCUT2D eigenvalue weighted by molar-refractivity contribution is 5.71. The van der Waals surface area contributed by atoms with Crippen molar-refractivity contribution in [3.8, 4) is 0 Å². The molecule has 0 spiro atoms. The molecule has 1 atom stereocenters. The number of esters is 3. The summed E-state index contributed by atoms with van der Waals surface area (Å²) >= 11 is 0. The molecule has 76 heavy (non-hydrogen) atoms. The minimum atomic E-state index is -0.795. The third-order valence-electron chi connectivity index (χ3n) is 14.1. The van der Waals surface area contributed by atoms with E-state index in [0.717, 1.165) is 116 Å². The maximum atomic E-state index is 12.9. The third kappa shape index (κ3) is 61.4. The highest BCUT2D eigenvalue weighted by Gasteiger charge is 2.19. The predicted octanol–water partition coefficient (Wildman–Crippen LogP) is 22.3. The number of unbranched alkanes of at least 4 members (excludes halogenated alkanes) is 34. The Hall–Kier alpha value is -3.41. The lowest BCUT2D eigenvalue weighted by molar-refractivity contribution is -0.167. The van der Waals surface area contributed by atoms with Crippen molar-refractivity contribution in [3.05, 3.63) is 85.1 Å². The molecule has 6 heteroatoms. The minimum absolute atomic E-state index is 0.0896. The molecule has 0 saturated heterocycles. The lowest BCUT2D eigenvalue weighted by atomic mass is 10.0. The first-order valence-electron chi connectivity index (χ1n) is 32.6. The van der Waals surface area contributed by atoms with Gasteiger partial charge in [0.15, 0.2) is 6.10 Å². The first-order chi connectivity index (χ1) is 37.5. The summed E-state index contributed by atoms with van der Waals surface area (Å²) in [5, 5.41) is 0. The first-order valence-corrected chi connectivity index (χ1v) is 32.6. The van der Waals surface area contributed by atoms with E-state index >= 15 is 0 Å². The van der Waals surface area contributed by atoms with E-state index in [1.54, 1.807) is 0 Å². The molecular weight excluding hydrogens is 937 g/mol. The van der Waals surface area contributed by atoms with Gasteiger partial charge < -0.3 is 14.2 Å². The second-order valence-electron chi connectivity index (χ2n) is 21.6. The van der Waals surface area contributed by atoms with E-state index in [1.165, 1.54) is 167 Å². The Morgan fingerprint density at radius 2 is 0.526 bits per heavy atom. The van der Waals surface area contributed by atoms with E-state index in [2.05, 4.69) is 106 Å². The van der Waals surface area contributed by atoms with Gasteiger partial charge in [0.05, 0.1) is 0 Å². The Bertz CT molecular complexity index is 1450. The Kier molecular flexibility index (Phi) is 61.2. The van der Waals surface area contributed by atoms with Crippen LogP contribution >= 0.6 is 0 Å². The lowest BCUT2D eigenvalue weighted by Gasteiger charge is -2.18. The molecule has 0 radical (unpaired) electrons. The van der Waals surface area contributed by atoms with Crippen molar-refractivity contribution < 1.29 is 28.6 Å². The van der Waals surface area contributed by atoms with Crippen LogP contribution in [-0.4, -0.2) is 37.2 Å². The van der Waals surface area contributed by atoms with Gasteiger partial charge in [0, 0.05) is 19.3 Å². The van der Waals surface area contributed by atoms with E-state index in [-0.39, 0.29) is 31.1 Å². The SMILES string of the molecule is CC/C=C\C/C=C\C/C=C\CCCCCC(=O)OCC(COC(=O)CCCCCCCCCCCCCCCCCCCCC/C=C\C/C=C\CCCCCCC)OC(=O)CCCCCCC/C=C\C/C=C\CCCC. The Labute approximate surface area is 471 Å². The predicted molar refractivity (Wildman–Crippen MR) is 330 cm³/mol. The summed E-state index contributed by atoms with van der Waals surface area (Å²) in [4.78, 5) is 38.2. The molecule has 0 saturated carbocycles. The zero-order valence-electron chi connectivity index (χ0n) is 50.3. The van der Waals surface area contributed by atoms with Gasteiger partial charge in [-0.2, -0.15) is 0 Å². The number of rotatable bonds is 59. The zero-order valence-corrected chi connectivity index (χ0v) is 50.3. The monoisotopic (exact) mass is 1060 g/mol. The van der Waals surface area contributed by atoms with Crippen LogP contribution in [0.4, 0.5) is 0 Å². The highest BCUT2D eigenvalue weighted by atomic mass is 16.6. The standard InChI is InChI=1S/C70H122O6/c1-4-7-10-13-16-19-22-25-27-28-29-30-31-32-33-34-35-36-37-38-39-40-41-42-43-46-48-51-54-57-60-63-69(72)75-66-67(65-74-68(71)62-59-56-53-50-47-44-24-21-18-15-12-9-6-3)76-70(73)64-61-58-55-52-49-45-26-23-20-17-14-11-8-5-2/h9,12,14,17-18,21-23,25-26,28-29,44,47,67H,4-8,10-11,13,15-16,19-20,24,27,30-43,45-46,48-66H2,1-3H3/b12-9-,17-14-,21-18-,25-22-,26-23-,29-28-,47-44-. The van der Waals surface area contributed by atoms with E-state index in [4.69, 9.17) is 14.2 Å². The zero-order chi connectivity index (χ0) is 55.0. The lowest BCUT2D eigenvalue weighted by Crippen LogP contribution is -2.30. The number of ether oxygens (including phenoxy) is 3. The van der Waals surface area contributed by atoms with Crippen LogP contribution in [-0.2, 0) is 28.6 Å². The fourth-order valence-electron chi connectivity index (χ4n) is 9.21. The second kappa shape index (κ2) is 64.1. The number of carbonyl (C=O) groups is 3. The maximum Gasteiger partial charge on any atom is 0.306 e. The van der Waals surface area contributed by atoms with Crippen molar-refractivity contribution in [1.82, 2.24) is 0 Å². The summed E-state index contributed by atoms with van der Waals surface area (Å²) in [6.45, 7) is 6.46. The van der Waals surface area contributed by atoms with Crippen LogP contribution in [0.3, 0.4) is 0 Å². The summed E-state index contributed by atoms with van der Waals surface area (Å²) in [5.41, 5.74) is 0. The molecular formula is C70H122O6. The van der Waals surface area contributed by atoms with Gasteiger partial charge in [0.2, 0.25) is 0 Å².